The molecule has 0 bridgehead atoms. The molecule has 2 heterocycles. The van der Waals surface area contributed by atoms with Gasteiger partial charge in [0.25, 0.3) is 5.91 Å². The second-order valence-corrected chi connectivity index (χ2v) is 6.70. The normalized spacial score (nSPS) is 16.2. The lowest BCUT2D eigenvalue weighted by molar-refractivity contribution is 0.0705. The van der Waals surface area contributed by atoms with Gasteiger partial charge >= 0.3 is 0 Å². The molecule has 1 atom stereocenters. The van der Waals surface area contributed by atoms with Gasteiger partial charge in [-0.3, -0.25) is 4.79 Å². The Bertz CT molecular complexity index is 901. The summed E-state index contributed by atoms with van der Waals surface area (Å²) in [5.74, 6) is 0.865. The molecule has 1 N–H and O–H groups in total. The van der Waals surface area contributed by atoms with Crippen LogP contribution in [-0.4, -0.2) is 48.6 Å². The molecule has 5 nitrogen and oxygen atoms in total. The van der Waals surface area contributed by atoms with E-state index in [-0.39, 0.29) is 12.0 Å². The van der Waals surface area contributed by atoms with E-state index < -0.39 is 0 Å². The number of carbonyl (C=O) groups excluding carboxylic acids is 1. The van der Waals surface area contributed by atoms with Gasteiger partial charge in [0, 0.05) is 24.5 Å². The molecule has 0 unspecified atom stereocenters. The Kier molecular flexibility index (Phi) is 4.29. The molecule has 0 aliphatic carbocycles. The smallest absolute Gasteiger partial charge is 0.270 e. The van der Waals surface area contributed by atoms with Gasteiger partial charge in [0.15, 0.2) is 0 Å². The summed E-state index contributed by atoms with van der Waals surface area (Å²) in [5, 5.41) is 1.05. The third-order valence-corrected chi connectivity index (χ3v) is 4.89. The van der Waals surface area contributed by atoms with Crippen LogP contribution in [0.3, 0.4) is 0 Å². The number of carbonyl (C=O) groups is 1. The first-order valence-electron chi connectivity index (χ1n) is 8.99. The monoisotopic (exact) mass is 349 g/mol. The summed E-state index contributed by atoms with van der Waals surface area (Å²) in [4.78, 5) is 20.0. The van der Waals surface area contributed by atoms with Crippen molar-refractivity contribution in [2.45, 2.75) is 13.0 Å². The fourth-order valence-electron chi connectivity index (χ4n) is 3.56. The van der Waals surface area contributed by atoms with Crippen molar-refractivity contribution in [1.82, 2.24) is 9.88 Å². The summed E-state index contributed by atoms with van der Waals surface area (Å²) in [7, 11) is 1.83. The SMILES string of the molecule is CCN1C[C@@H](CN(C)C(=O)c2cc3ccccc3[nH]2)Oc2ccccc21. The van der Waals surface area contributed by atoms with Crippen LogP contribution >= 0.6 is 0 Å². The highest BCUT2D eigenvalue weighted by atomic mass is 16.5. The van der Waals surface area contributed by atoms with Crippen molar-refractivity contribution in [1.29, 1.82) is 0 Å². The van der Waals surface area contributed by atoms with E-state index in [1.165, 1.54) is 0 Å². The van der Waals surface area contributed by atoms with Gasteiger partial charge in [0.05, 0.1) is 18.8 Å². The van der Waals surface area contributed by atoms with Gasteiger partial charge in [0.1, 0.15) is 17.5 Å². The second kappa shape index (κ2) is 6.75. The lowest BCUT2D eigenvalue weighted by Crippen LogP contribution is -2.46. The van der Waals surface area contributed by atoms with Crippen molar-refractivity contribution in [2.75, 3.05) is 31.6 Å². The average Bonchev–Trinajstić information content (AvgIpc) is 3.10. The van der Waals surface area contributed by atoms with Crippen LogP contribution in [-0.2, 0) is 0 Å². The molecular weight excluding hydrogens is 326 g/mol. The quantitative estimate of drug-likeness (QED) is 0.784. The Morgan fingerprint density at radius 1 is 1.23 bits per heavy atom. The minimum absolute atomic E-state index is 0.0216. The summed E-state index contributed by atoms with van der Waals surface area (Å²) in [6, 6.07) is 17.9. The number of rotatable bonds is 4. The van der Waals surface area contributed by atoms with Crippen molar-refractivity contribution >= 4 is 22.5 Å². The number of fused-ring (bicyclic) bond motifs is 2. The summed E-state index contributed by atoms with van der Waals surface area (Å²) in [5.41, 5.74) is 2.71. The topological polar surface area (TPSA) is 48.6 Å². The van der Waals surface area contributed by atoms with Gasteiger partial charge in [0.2, 0.25) is 0 Å². The maximum absolute atomic E-state index is 12.8. The number of H-pyrrole nitrogens is 1. The van der Waals surface area contributed by atoms with E-state index in [0.29, 0.717) is 12.2 Å². The Morgan fingerprint density at radius 2 is 2.00 bits per heavy atom. The molecule has 3 aromatic rings. The minimum atomic E-state index is -0.0526. The summed E-state index contributed by atoms with van der Waals surface area (Å²) >= 11 is 0. The number of anilines is 1. The van der Waals surface area contributed by atoms with Gasteiger partial charge < -0.3 is 19.5 Å². The fraction of sp³-hybridized carbons (Fsp3) is 0.286. The van der Waals surface area contributed by atoms with Gasteiger partial charge in [-0.1, -0.05) is 30.3 Å². The maximum atomic E-state index is 12.8. The third kappa shape index (κ3) is 3.01. The average molecular weight is 349 g/mol. The van der Waals surface area contributed by atoms with Crippen LogP contribution in [0.25, 0.3) is 10.9 Å². The van der Waals surface area contributed by atoms with Crippen LogP contribution in [0.15, 0.2) is 54.6 Å². The number of aromatic amines is 1. The predicted molar refractivity (Wildman–Crippen MR) is 104 cm³/mol. The Labute approximate surface area is 153 Å². The first-order chi connectivity index (χ1) is 12.7. The number of hydrogen-bond donors (Lipinski definition) is 1. The van der Waals surface area contributed by atoms with Crippen LogP contribution in [0.2, 0.25) is 0 Å². The van der Waals surface area contributed by atoms with Crippen LogP contribution < -0.4 is 9.64 Å². The largest absolute Gasteiger partial charge is 0.485 e. The van der Waals surface area contributed by atoms with E-state index in [4.69, 9.17) is 4.74 Å². The lowest BCUT2D eigenvalue weighted by Gasteiger charge is -2.37. The highest BCUT2D eigenvalue weighted by molar-refractivity contribution is 5.97. The molecule has 5 heteroatoms. The van der Waals surface area contributed by atoms with Crippen molar-refractivity contribution in [2.24, 2.45) is 0 Å². The number of nitrogens with zero attached hydrogens (tertiary/aromatic N) is 2. The van der Waals surface area contributed by atoms with Crippen LogP contribution in [0.1, 0.15) is 17.4 Å². The molecule has 134 valence electrons. The number of para-hydroxylation sites is 3. The van der Waals surface area contributed by atoms with E-state index in [2.05, 4.69) is 22.9 Å². The Balaban J connectivity index is 1.49. The molecule has 0 radical (unpaired) electrons. The molecule has 26 heavy (non-hydrogen) atoms. The first-order valence-corrected chi connectivity index (χ1v) is 8.99. The number of ether oxygens (including phenoxy) is 1. The van der Waals surface area contributed by atoms with Gasteiger partial charge in [-0.15, -0.1) is 0 Å². The van der Waals surface area contributed by atoms with E-state index in [9.17, 15) is 4.79 Å². The van der Waals surface area contributed by atoms with Crippen LogP contribution in [0.5, 0.6) is 5.75 Å². The molecule has 0 spiro atoms. The minimum Gasteiger partial charge on any atom is -0.485 e. The zero-order valence-corrected chi connectivity index (χ0v) is 15.1. The fourth-order valence-corrected chi connectivity index (χ4v) is 3.56. The van der Waals surface area contributed by atoms with Gasteiger partial charge in [-0.2, -0.15) is 0 Å². The zero-order chi connectivity index (χ0) is 18.1. The number of nitrogens with one attached hydrogen (secondary N) is 1. The van der Waals surface area contributed by atoms with E-state index in [0.717, 1.165) is 35.4 Å². The number of benzene rings is 2. The van der Waals surface area contributed by atoms with Crippen molar-refractivity contribution < 1.29 is 9.53 Å². The number of hydrogen-bond acceptors (Lipinski definition) is 3. The molecule has 0 saturated heterocycles. The molecule has 0 fully saturated rings. The van der Waals surface area contributed by atoms with Gasteiger partial charge in [-0.05, 0) is 31.2 Å². The van der Waals surface area contributed by atoms with E-state index in [1.807, 2.05) is 55.6 Å². The van der Waals surface area contributed by atoms with Crippen LogP contribution in [0.4, 0.5) is 5.69 Å². The van der Waals surface area contributed by atoms with E-state index in [1.54, 1.807) is 4.90 Å². The van der Waals surface area contributed by atoms with Crippen LogP contribution in [0, 0.1) is 0 Å². The molecule has 1 aliphatic heterocycles. The molecule has 4 rings (SSSR count). The first kappa shape index (κ1) is 16.5. The highest BCUT2D eigenvalue weighted by Crippen LogP contribution is 2.32. The zero-order valence-electron chi connectivity index (χ0n) is 15.1. The van der Waals surface area contributed by atoms with E-state index >= 15 is 0 Å². The standard InChI is InChI=1S/C21H23N3O2/c1-3-24-14-16(26-20-11-7-6-10-19(20)24)13-23(2)21(25)18-12-15-8-4-5-9-17(15)22-18/h4-12,16,22H,3,13-14H2,1-2H3/t16-/m1/s1. The molecular formula is C21H23N3O2. The maximum Gasteiger partial charge on any atom is 0.270 e. The lowest BCUT2D eigenvalue weighted by atomic mass is 10.1. The molecule has 1 amide bonds. The molecule has 2 aromatic carbocycles. The molecule has 1 aliphatic rings. The van der Waals surface area contributed by atoms with Crippen molar-refractivity contribution in [3.63, 3.8) is 0 Å². The highest BCUT2D eigenvalue weighted by Gasteiger charge is 2.27. The Hall–Kier alpha value is -2.95. The Morgan fingerprint density at radius 3 is 2.81 bits per heavy atom. The van der Waals surface area contributed by atoms with Crippen molar-refractivity contribution in [3.05, 3.63) is 60.3 Å². The summed E-state index contributed by atoms with van der Waals surface area (Å²) in [6.07, 6.45) is -0.0526. The number of aromatic nitrogens is 1. The van der Waals surface area contributed by atoms with Crippen molar-refractivity contribution in [3.8, 4) is 5.75 Å². The summed E-state index contributed by atoms with van der Waals surface area (Å²) < 4.78 is 6.13. The number of likely N-dealkylation sites (N-methyl/N-ethyl adjacent to an activating group) is 2. The second-order valence-electron chi connectivity index (χ2n) is 6.70. The molecule has 0 saturated carbocycles. The molecule has 1 aromatic heterocycles. The van der Waals surface area contributed by atoms with Gasteiger partial charge in [-0.25, -0.2) is 0 Å². The predicted octanol–water partition coefficient (Wildman–Crippen LogP) is 3.53. The summed E-state index contributed by atoms with van der Waals surface area (Å²) in [6.45, 7) is 4.37. The number of amides is 1. The third-order valence-electron chi connectivity index (χ3n) is 4.89.